The maximum Gasteiger partial charge on any atom is -0.0253 e. The fourth-order valence-corrected chi connectivity index (χ4v) is 6.90. The molecule has 0 bridgehead atoms. The average Bonchev–Trinajstić information content (AvgIpc) is 3.46. The zero-order chi connectivity index (χ0) is 24.5. The number of unbranched alkanes of at least 4 members (excludes halogenated alkanes) is 3. The second-order valence-corrected chi connectivity index (χ2v) is 17.7. The summed E-state index contributed by atoms with van der Waals surface area (Å²) in [6, 6.07) is 37.8. The van der Waals surface area contributed by atoms with Gasteiger partial charge in [0.1, 0.15) is 0 Å². The molecule has 4 heteroatoms. The second-order valence-electron chi connectivity index (χ2n) is 9.38. The van der Waals surface area contributed by atoms with E-state index in [1.807, 2.05) is 35.5 Å². The van der Waals surface area contributed by atoms with Crippen LogP contribution in [-0.4, -0.2) is 5.43 Å². The number of rotatable bonds is 5. The standard InChI is InChI=1S/2C13H9.C7H16Si.2ClH.Zr/c2*1-3-7-12-10(5-1)9-11-6-2-4-8-13(11)12;1-3-4-5-6-7-8-2;;;/h2*1-5,7-8H,9H2;3-7H2,1-2H3;2*1H;/q2*-1;;;;+2/p-2. The number of fused-ring (bicyclic) bond motifs is 6. The fourth-order valence-electron chi connectivity index (χ4n) is 4.81. The van der Waals surface area contributed by atoms with Crippen LogP contribution in [0.2, 0.25) is 12.6 Å². The Bertz CT molecular complexity index is 1110. The third-order valence-electron chi connectivity index (χ3n) is 6.64. The average molecular weight is 621 g/mol. The van der Waals surface area contributed by atoms with Gasteiger partial charge in [-0.05, 0) is 12.8 Å². The van der Waals surface area contributed by atoms with Crippen LogP contribution in [0.3, 0.4) is 0 Å². The van der Waals surface area contributed by atoms with E-state index in [1.54, 1.807) is 6.04 Å². The van der Waals surface area contributed by atoms with Crippen LogP contribution >= 0.6 is 0 Å². The molecule has 0 N–H and O–H groups in total. The molecule has 0 amide bonds. The number of hydrogen-bond acceptors (Lipinski definition) is 0. The van der Waals surface area contributed by atoms with Crippen LogP contribution in [0.5, 0.6) is 0 Å². The summed E-state index contributed by atoms with van der Waals surface area (Å²) in [7, 11) is 0. The van der Waals surface area contributed by atoms with E-state index >= 15 is 0 Å². The zero-order valence-corrected chi connectivity index (χ0v) is 26.8. The summed E-state index contributed by atoms with van der Waals surface area (Å²) < 4.78 is 0. The maximum atomic E-state index is 3.30. The van der Waals surface area contributed by atoms with Gasteiger partial charge in [0.05, 0.1) is 0 Å². The Kier molecular flexibility index (Phi) is 14.2. The van der Waals surface area contributed by atoms with Crippen molar-refractivity contribution in [2.45, 2.75) is 58.0 Å². The van der Waals surface area contributed by atoms with E-state index in [9.17, 15) is 0 Å². The molecule has 37 heavy (non-hydrogen) atoms. The third-order valence-corrected chi connectivity index (χ3v) is 9.59. The minimum absolute atomic E-state index is 0. The van der Waals surface area contributed by atoms with Crippen molar-refractivity contribution in [2.75, 3.05) is 0 Å². The molecule has 2 aliphatic rings. The van der Waals surface area contributed by atoms with Gasteiger partial charge in [-0.1, -0.05) is 70.8 Å². The van der Waals surface area contributed by atoms with Crippen LogP contribution in [0.25, 0.3) is 22.3 Å². The Hall–Kier alpha value is -1.44. The van der Waals surface area contributed by atoms with Gasteiger partial charge in [0.2, 0.25) is 0 Å². The van der Waals surface area contributed by atoms with E-state index in [4.69, 9.17) is 0 Å². The van der Waals surface area contributed by atoms with Gasteiger partial charge >= 0.3 is 74.0 Å². The summed E-state index contributed by atoms with van der Waals surface area (Å²) in [5.74, 6) is 0. The Morgan fingerprint density at radius 1 is 0.649 bits per heavy atom. The summed E-state index contributed by atoms with van der Waals surface area (Å²) in [6.45, 7) is 4.71. The first-order valence-corrected chi connectivity index (χ1v) is 18.8. The molecule has 0 atom stereocenters. The maximum absolute atomic E-state index is 3.30. The predicted molar refractivity (Wildman–Crippen MR) is 148 cm³/mol. The molecule has 0 spiro atoms. The Balaban J connectivity index is 0.000000195. The molecule has 0 saturated carbocycles. The van der Waals surface area contributed by atoms with Crippen LogP contribution in [0.1, 0.15) is 54.9 Å². The third kappa shape index (κ3) is 8.79. The zero-order valence-electron chi connectivity index (χ0n) is 21.8. The van der Waals surface area contributed by atoms with Crippen molar-refractivity contribution >= 4 is 5.43 Å². The van der Waals surface area contributed by atoms with Crippen molar-refractivity contribution in [3.63, 3.8) is 0 Å². The first kappa shape index (κ1) is 31.8. The van der Waals surface area contributed by atoms with E-state index in [1.165, 1.54) is 70.2 Å². The molecular formula is C33H34Cl2SiZr-2. The second kappa shape index (κ2) is 16.5. The molecule has 6 rings (SSSR count). The number of benzene rings is 4. The molecule has 4 aromatic rings. The van der Waals surface area contributed by atoms with Gasteiger partial charge in [0.15, 0.2) is 0 Å². The molecular weight excluding hydrogens is 587 g/mol. The first-order chi connectivity index (χ1) is 17.2. The summed E-state index contributed by atoms with van der Waals surface area (Å²) >= 11 is 1.81. The van der Waals surface area contributed by atoms with Crippen LogP contribution in [0, 0.1) is 12.1 Å². The van der Waals surface area contributed by atoms with E-state index in [0.717, 1.165) is 12.8 Å². The molecule has 0 unspecified atom stereocenters. The smallest absolute Gasteiger partial charge is 0.0253 e. The summed E-state index contributed by atoms with van der Waals surface area (Å²) in [5.41, 5.74) is 11.2. The van der Waals surface area contributed by atoms with Gasteiger partial charge in [-0.15, -0.1) is 11.1 Å². The van der Waals surface area contributed by atoms with Crippen LogP contribution in [0.4, 0.5) is 0 Å². The molecule has 0 aliphatic heterocycles. The van der Waals surface area contributed by atoms with Crippen molar-refractivity contribution in [3.05, 3.63) is 119 Å². The van der Waals surface area contributed by atoms with Gasteiger partial charge in [-0.25, -0.2) is 0 Å². The van der Waals surface area contributed by atoms with Crippen molar-refractivity contribution < 1.29 is 48.1 Å². The summed E-state index contributed by atoms with van der Waals surface area (Å²) in [6.07, 6.45) is 7.91. The van der Waals surface area contributed by atoms with Crippen molar-refractivity contribution in [2.24, 2.45) is 0 Å². The molecule has 4 aromatic carbocycles. The summed E-state index contributed by atoms with van der Waals surface area (Å²) in [5, 5.41) is 0. The van der Waals surface area contributed by atoms with Crippen LogP contribution in [-0.2, 0) is 36.2 Å². The Labute approximate surface area is 251 Å². The molecule has 0 radical (unpaired) electrons. The van der Waals surface area contributed by atoms with Crippen molar-refractivity contribution in [1.82, 2.24) is 0 Å². The monoisotopic (exact) mass is 618 g/mol. The largest absolute Gasteiger partial charge is 1.00 e. The summed E-state index contributed by atoms with van der Waals surface area (Å²) in [4.78, 5) is 0. The quantitative estimate of drug-likeness (QED) is 0.158. The number of hydrogen-bond donors (Lipinski definition) is 0. The normalized spacial score (nSPS) is 11.0. The van der Waals surface area contributed by atoms with Gasteiger partial charge in [-0.3, -0.25) is 0 Å². The minimum atomic E-state index is 0. The van der Waals surface area contributed by atoms with Crippen molar-refractivity contribution in [3.8, 4) is 22.3 Å². The molecule has 0 aromatic heterocycles. The minimum Gasteiger partial charge on any atom is -1.00 e. The van der Waals surface area contributed by atoms with E-state index in [2.05, 4.69) is 98.4 Å². The number of halogens is 2. The van der Waals surface area contributed by atoms with Crippen LogP contribution < -0.4 is 24.8 Å². The molecule has 190 valence electrons. The predicted octanol–water partition coefficient (Wildman–Crippen LogP) is 2.86. The molecule has 0 saturated heterocycles. The molecule has 0 heterocycles. The van der Waals surface area contributed by atoms with E-state index in [0.29, 0.717) is 0 Å². The fraction of sp³-hybridized carbons (Fsp3) is 0.273. The first-order valence-electron chi connectivity index (χ1n) is 12.9. The Morgan fingerprint density at radius 2 is 1.11 bits per heavy atom. The Morgan fingerprint density at radius 3 is 1.57 bits per heavy atom. The molecule has 0 fully saturated rings. The van der Waals surface area contributed by atoms with Crippen molar-refractivity contribution in [1.29, 1.82) is 0 Å². The molecule has 2 aliphatic carbocycles. The van der Waals surface area contributed by atoms with Gasteiger partial charge in [0, 0.05) is 0 Å². The van der Waals surface area contributed by atoms with E-state index < -0.39 is 0 Å². The molecule has 0 nitrogen and oxygen atoms in total. The SMILES string of the molecule is CCCCCC[Si](C)=[Zr+2].[Cl-].[Cl-].[c-]1cccc2c1Cc1ccccc1-2.[c-]1cccc2c1Cc1ccccc1-2. The van der Waals surface area contributed by atoms with Gasteiger partial charge < -0.3 is 24.8 Å². The van der Waals surface area contributed by atoms with E-state index in [-0.39, 0.29) is 30.2 Å². The van der Waals surface area contributed by atoms with Gasteiger partial charge in [0.25, 0.3) is 0 Å². The van der Waals surface area contributed by atoms with Crippen LogP contribution in [0.15, 0.2) is 84.9 Å². The topological polar surface area (TPSA) is 0 Å². The van der Waals surface area contributed by atoms with Gasteiger partial charge in [-0.2, -0.15) is 59.7 Å².